The third-order valence-electron chi connectivity index (χ3n) is 12.3. The molecule has 4 aliphatic carbocycles. The predicted octanol–water partition coefficient (Wildman–Crippen LogP) is 14.6. The molecule has 4 aliphatic rings. The second-order valence-corrected chi connectivity index (χ2v) is 15.3. The molecule has 12 rings (SSSR count). The van der Waals surface area contributed by atoms with E-state index in [4.69, 9.17) is 0 Å². The van der Waals surface area contributed by atoms with Crippen molar-refractivity contribution in [2.45, 2.75) is 5.41 Å². The topological polar surface area (TPSA) is 6.48 Å². The normalized spacial score (nSPS) is 14.6. The fraction of sp³-hybridized carbons (Fsp3) is 0.0175. The van der Waals surface area contributed by atoms with E-state index in [0.717, 1.165) is 45.3 Å². The van der Waals surface area contributed by atoms with Gasteiger partial charge in [-0.25, -0.2) is 0 Å². The molecule has 0 aliphatic heterocycles. The van der Waals surface area contributed by atoms with E-state index in [0.29, 0.717) is 0 Å². The van der Waals surface area contributed by atoms with Crippen molar-refractivity contribution in [2.75, 3.05) is 9.80 Å². The van der Waals surface area contributed by atoms with Crippen LogP contribution >= 0.6 is 0 Å². The molecule has 59 heavy (non-hydrogen) atoms. The average molecular weight is 747 g/mol. The minimum Gasteiger partial charge on any atom is -0.310 e. The first-order chi connectivity index (χ1) is 29.3. The quantitative estimate of drug-likeness (QED) is 0.156. The Bertz CT molecular complexity index is 3130. The van der Waals surface area contributed by atoms with Gasteiger partial charge in [0.05, 0.1) is 16.8 Å². The fourth-order valence-electron chi connectivity index (χ4n) is 9.92. The lowest BCUT2D eigenvalue weighted by molar-refractivity contribution is 0.788. The number of hydrogen-bond acceptors (Lipinski definition) is 2. The van der Waals surface area contributed by atoms with Crippen LogP contribution in [0.25, 0.3) is 32.7 Å². The molecule has 0 unspecified atom stereocenters. The second kappa shape index (κ2) is 13.0. The lowest BCUT2D eigenvalue weighted by Gasteiger charge is -2.33. The first-order valence-corrected chi connectivity index (χ1v) is 20.1. The lowest BCUT2D eigenvalue weighted by Crippen LogP contribution is -2.27. The number of allylic oxidation sites excluding steroid dienone is 8. The maximum absolute atomic E-state index is 3.54. The van der Waals surface area contributed by atoms with Gasteiger partial charge in [-0.2, -0.15) is 0 Å². The smallest absolute Gasteiger partial charge is 0.0740 e. The molecule has 1 spiro atoms. The summed E-state index contributed by atoms with van der Waals surface area (Å²) in [5, 5.41) is 4.80. The zero-order valence-corrected chi connectivity index (χ0v) is 32.0. The number of hydrogen-bond donors (Lipinski definition) is 0. The third kappa shape index (κ3) is 4.85. The van der Waals surface area contributed by atoms with Crippen molar-refractivity contribution in [3.63, 3.8) is 0 Å². The van der Waals surface area contributed by atoms with Gasteiger partial charge in [0.2, 0.25) is 0 Å². The van der Waals surface area contributed by atoms with Gasteiger partial charge in [0, 0.05) is 44.7 Å². The van der Waals surface area contributed by atoms with E-state index < -0.39 is 5.41 Å². The first-order valence-electron chi connectivity index (χ1n) is 20.1. The number of rotatable bonds is 6. The second-order valence-electron chi connectivity index (χ2n) is 15.3. The largest absolute Gasteiger partial charge is 0.310 e. The third-order valence-corrected chi connectivity index (χ3v) is 12.3. The van der Waals surface area contributed by atoms with Crippen molar-refractivity contribution in [1.29, 1.82) is 0 Å². The predicted molar refractivity (Wildman–Crippen MR) is 243 cm³/mol. The summed E-state index contributed by atoms with van der Waals surface area (Å²) in [6.07, 6.45) is 8.52. The Morgan fingerprint density at radius 1 is 0.373 bits per heavy atom. The molecule has 0 saturated heterocycles. The Kier molecular flexibility index (Phi) is 7.30. The summed E-state index contributed by atoms with van der Waals surface area (Å²) in [4.78, 5) is 4.82. The molecule has 8 aromatic carbocycles. The molecular weight excluding hydrogens is 713 g/mol. The Balaban J connectivity index is 1.14. The molecule has 8 aromatic rings. The monoisotopic (exact) mass is 746 g/mol. The van der Waals surface area contributed by atoms with Crippen LogP contribution in [0.1, 0.15) is 11.1 Å². The molecule has 0 radical (unpaired) electrons. The summed E-state index contributed by atoms with van der Waals surface area (Å²) < 4.78 is 0. The summed E-state index contributed by atoms with van der Waals surface area (Å²) >= 11 is 0. The maximum atomic E-state index is 3.54. The zero-order valence-electron chi connectivity index (χ0n) is 32.0. The van der Waals surface area contributed by atoms with Crippen molar-refractivity contribution in [2.24, 2.45) is 0 Å². The summed E-state index contributed by atoms with van der Waals surface area (Å²) in [6.45, 7) is 0. The zero-order chi connectivity index (χ0) is 38.9. The molecule has 2 nitrogen and oxygen atoms in total. The van der Waals surface area contributed by atoms with Crippen LogP contribution in [-0.2, 0) is 5.41 Å². The molecule has 0 aromatic heterocycles. The van der Waals surface area contributed by atoms with Gasteiger partial charge >= 0.3 is 0 Å². The van der Waals surface area contributed by atoms with Gasteiger partial charge in [-0.3, -0.25) is 0 Å². The van der Waals surface area contributed by atoms with Gasteiger partial charge in [0.25, 0.3) is 0 Å². The van der Waals surface area contributed by atoms with Crippen LogP contribution in [0.3, 0.4) is 0 Å². The van der Waals surface area contributed by atoms with Gasteiger partial charge < -0.3 is 9.80 Å². The van der Waals surface area contributed by atoms with Gasteiger partial charge in [-0.05, 0) is 129 Å². The van der Waals surface area contributed by atoms with Crippen molar-refractivity contribution < 1.29 is 0 Å². The van der Waals surface area contributed by atoms with Crippen molar-refractivity contribution in [3.8, 4) is 11.1 Å². The summed E-state index contributed by atoms with van der Waals surface area (Å²) in [7, 11) is 0. The van der Waals surface area contributed by atoms with Gasteiger partial charge in [0.15, 0.2) is 0 Å². The molecule has 1 fully saturated rings. The molecule has 0 amide bonds. The van der Waals surface area contributed by atoms with E-state index in [2.05, 4.69) is 227 Å². The van der Waals surface area contributed by atoms with E-state index in [9.17, 15) is 0 Å². The molecule has 0 heterocycles. The van der Waals surface area contributed by atoms with E-state index in [1.54, 1.807) is 0 Å². The molecule has 272 valence electrons. The molecule has 0 atom stereocenters. The van der Waals surface area contributed by atoms with E-state index in [1.165, 1.54) is 54.9 Å². The SMILES string of the molecule is C1=C=C2C3=C=C=CC=C3C3(C2=CC=1)c1cc(N(c2ccccc2)c2cccc4ccccc24)ccc1-c1ccc(N(c2ccccc2)c2cccc4ccccc24)cc13. The number of nitrogens with zero attached hydrogens (tertiary/aromatic N) is 2. The molecule has 2 heteroatoms. The first kappa shape index (κ1) is 33.1. The Morgan fingerprint density at radius 2 is 0.797 bits per heavy atom. The van der Waals surface area contributed by atoms with Crippen molar-refractivity contribution in [1.82, 2.24) is 0 Å². The highest BCUT2D eigenvalue weighted by atomic mass is 15.1. The van der Waals surface area contributed by atoms with Crippen molar-refractivity contribution in [3.05, 3.63) is 263 Å². The maximum Gasteiger partial charge on any atom is 0.0740 e. The number of para-hydroxylation sites is 2. The molecule has 0 N–H and O–H groups in total. The van der Waals surface area contributed by atoms with Crippen LogP contribution in [0, 0.1) is 0 Å². The van der Waals surface area contributed by atoms with Crippen LogP contribution in [0.2, 0.25) is 0 Å². The lowest BCUT2D eigenvalue weighted by atomic mass is 9.69. The summed E-state index contributed by atoms with van der Waals surface area (Å²) in [6, 6.07) is 66.1. The molecular formula is C57H34N2. The molecule has 0 bridgehead atoms. The van der Waals surface area contributed by atoms with Gasteiger partial charge in [-0.15, -0.1) is 0 Å². The average Bonchev–Trinajstić information content (AvgIpc) is 3.77. The van der Waals surface area contributed by atoms with Crippen LogP contribution < -0.4 is 9.80 Å². The van der Waals surface area contributed by atoms with Gasteiger partial charge in [0.1, 0.15) is 0 Å². The van der Waals surface area contributed by atoms with Crippen LogP contribution in [0.5, 0.6) is 0 Å². The van der Waals surface area contributed by atoms with Gasteiger partial charge in [-0.1, -0.05) is 144 Å². The molecule has 1 saturated carbocycles. The fourth-order valence-corrected chi connectivity index (χ4v) is 9.92. The highest BCUT2D eigenvalue weighted by Gasteiger charge is 2.56. The van der Waals surface area contributed by atoms with Crippen LogP contribution in [-0.4, -0.2) is 0 Å². The minimum absolute atomic E-state index is 0.652. The highest BCUT2D eigenvalue weighted by Crippen LogP contribution is 2.66. The Labute approximate surface area is 343 Å². The number of benzene rings is 8. The van der Waals surface area contributed by atoms with Crippen LogP contribution in [0.15, 0.2) is 252 Å². The highest BCUT2D eigenvalue weighted by molar-refractivity contribution is 6.02. The standard InChI is InChI=1S/C57H34N2/c1-3-21-41(22-4-1)58(55-31-15-19-39-17-7-9-25-45(39)55)43-33-35-49-50-36-34-44(59(42-23-5-2-6-24-42)56-32-16-20-40-18-8-10-26-46(40)56)38-54(50)57(53(49)37-43)51-29-13-11-27-47(51)48-28-12-14-30-52(48)57/h1-10,13-26,29-38H. The number of fused-ring (bicyclic) bond motifs is 12. The van der Waals surface area contributed by atoms with E-state index in [1.807, 2.05) is 12.2 Å². The minimum atomic E-state index is -0.652. The van der Waals surface area contributed by atoms with E-state index >= 15 is 0 Å². The van der Waals surface area contributed by atoms with E-state index in [-0.39, 0.29) is 0 Å². The Hall–Kier alpha value is -8.04. The van der Waals surface area contributed by atoms with Crippen molar-refractivity contribution >= 4 is 55.7 Å². The number of anilines is 6. The summed E-state index contributed by atoms with van der Waals surface area (Å²) in [5.41, 5.74) is 29.0. The summed E-state index contributed by atoms with van der Waals surface area (Å²) in [5.74, 6) is 0. The Morgan fingerprint density at radius 3 is 1.27 bits per heavy atom. The van der Waals surface area contributed by atoms with Crippen LogP contribution in [0.4, 0.5) is 34.1 Å².